The van der Waals surface area contributed by atoms with Crippen molar-refractivity contribution < 1.29 is 12.9 Å². The number of hydrogen-bond acceptors (Lipinski definition) is 5. The normalized spacial score (nSPS) is 11.8. The molecule has 3 aromatic rings. The number of rotatable bonds is 5. The van der Waals surface area contributed by atoms with Gasteiger partial charge in [0.05, 0.1) is 15.5 Å². The van der Waals surface area contributed by atoms with Crippen LogP contribution < -0.4 is 4.72 Å². The van der Waals surface area contributed by atoms with Crippen LogP contribution in [0.4, 0.5) is 0 Å². The van der Waals surface area contributed by atoms with Gasteiger partial charge in [-0.15, -0.1) is 11.3 Å². The fraction of sp³-hybridized carbons (Fsp3) is 0.278. The first-order valence-corrected chi connectivity index (χ1v) is 10.2. The van der Waals surface area contributed by atoms with Gasteiger partial charge in [0.2, 0.25) is 10.0 Å². The van der Waals surface area contributed by atoms with Crippen molar-refractivity contribution in [3.05, 3.63) is 57.6 Å². The van der Waals surface area contributed by atoms with Gasteiger partial charge in [-0.25, -0.2) is 13.1 Å². The molecule has 0 unspecified atom stereocenters. The molecule has 0 saturated carbocycles. The van der Waals surface area contributed by atoms with Gasteiger partial charge in [-0.2, -0.15) is 0 Å². The summed E-state index contributed by atoms with van der Waals surface area (Å²) in [5, 5.41) is 3.95. The minimum absolute atomic E-state index is 0.264. The lowest BCUT2D eigenvalue weighted by Gasteiger charge is -2.08. The van der Waals surface area contributed by atoms with Crippen LogP contribution in [0.3, 0.4) is 0 Å². The molecule has 0 fully saturated rings. The van der Waals surface area contributed by atoms with Crippen LogP contribution in [0.5, 0.6) is 0 Å². The SMILES string of the molecule is Cc1ccccc1CNS(=O)(=O)c1cc(-c2onc(C)c2C)sc1C. The maximum Gasteiger partial charge on any atom is 0.241 e. The summed E-state index contributed by atoms with van der Waals surface area (Å²) in [6.07, 6.45) is 0. The molecule has 1 aromatic carbocycles. The highest BCUT2D eigenvalue weighted by Gasteiger charge is 2.23. The molecule has 2 heterocycles. The predicted octanol–water partition coefficient (Wildman–Crippen LogP) is 4.12. The average Bonchev–Trinajstić information content (AvgIpc) is 3.10. The molecule has 0 aliphatic heterocycles. The molecular formula is C18H20N2O3S2. The topological polar surface area (TPSA) is 72.2 Å². The van der Waals surface area contributed by atoms with E-state index in [0.717, 1.165) is 32.1 Å². The van der Waals surface area contributed by atoms with E-state index in [-0.39, 0.29) is 11.4 Å². The molecule has 0 amide bonds. The van der Waals surface area contributed by atoms with Crippen LogP contribution >= 0.6 is 11.3 Å². The second-order valence-electron chi connectivity index (χ2n) is 6.00. The Morgan fingerprint density at radius 3 is 2.52 bits per heavy atom. The van der Waals surface area contributed by atoms with Gasteiger partial charge < -0.3 is 4.52 Å². The zero-order valence-corrected chi connectivity index (χ0v) is 16.2. The van der Waals surface area contributed by atoms with Crippen LogP contribution in [0.25, 0.3) is 10.6 Å². The van der Waals surface area contributed by atoms with Crippen LogP contribution in [-0.4, -0.2) is 13.6 Å². The highest BCUT2D eigenvalue weighted by Crippen LogP contribution is 2.35. The smallest absolute Gasteiger partial charge is 0.241 e. The third-order valence-corrected chi connectivity index (χ3v) is 6.96. The number of nitrogens with one attached hydrogen (secondary N) is 1. The molecule has 5 nitrogen and oxygen atoms in total. The van der Waals surface area contributed by atoms with Gasteiger partial charge in [-0.1, -0.05) is 29.4 Å². The Bertz CT molecular complexity index is 1020. The first-order chi connectivity index (χ1) is 11.8. The number of aryl methyl sites for hydroxylation is 3. The third-order valence-electron chi connectivity index (χ3n) is 4.26. The average molecular weight is 377 g/mol. The molecule has 25 heavy (non-hydrogen) atoms. The number of benzene rings is 1. The molecule has 7 heteroatoms. The Morgan fingerprint density at radius 2 is 1.88 bits per heavy atom. The van der Waals surface area contributed by atoms with Crippen molar-refractivity contribution in [1.82, 2.24) is 9.88 Å². The van der Waals surface area contributed by atoms with E-state index in [0.29, 0.717) is 5.76 Å². The Balaban J connectivity index is 1.88. The second kappa shape index (κ2) is 6.74. The molecule has 1 N–H and O–H groups in total. The highest BCUT2D eigenvalue weighted by molar-refractivity contribution is 7.89. The fourth-order valence-electron chi connectivity index (χ4n) is 2.55. The number of aromatic nitrogens is 1. The molecule has 0 saturated heterocycles. The molecule has 2 aromatic heterocycles. The molecule has 3 rings (SSSR count). The molecule has 0 radical (unpaired) electrons. The third kappa shape index (κ3) is 3.53. The fourth-order valence-corrected chi connectivity index (χ4v) is 5.18. The van der Waals surface area contributed by atoms with E-state index in [2.05, 4.69) is 9.88 Å². The lowest BCUT2D eigenvalue weighted by Crippen LogP contribution is -2.23. The minimum Gasteiger partial charge on any atom is -0.355 e. The first-order valence-electron chi connectivity index (χ1n) is 7.87. The second-order valence-corrected chi connectivity index (χ2v) is 9.00. The monoisotopic (exact) mass is 376 g/mol. The van der Waals surface area contributed by atoms with E-state index in [1.54, 1.807) is 13.0 Å². The van der Waals surface area contributed by atoms with E-state index in [4.69, 9.17) is 4.52 Å². The van der Waals surface area contributed by atoms with Crippen LogP contribution in [-0.2, 0) is 16.6 Å². The Morgan fingerprint density at radius 1 is 1.16 bits per heavy atom. The molecule has 132 valence electrons. The van der Waals surface area contributed by atoms with Gasteiger partial charge in [0.15, 0.2) is 5.76 Å². The summed E-state index contributed by atoms with van der Waals surface area (Å²) in [5.74, 6) is 0.631. The lowest BCUT2D eigenvalue weighted by atomic mass is 10.1. The van der Waals surface area contributed by atoms with Gasteiger partial charge in [-0.3, -0.25) is 0 Å². The lowest BCUT2D eigenvalue weighted by molar-refractivity contribution is 0.427. The van der Waals surface area contributed by atoms with Crippen molar-refractivity contribution in [3.8, 4) is 10.6 Å². The number of hydrogen-bond donors (Lipinski definition) is 1. The molecule has 0 spiro atoms. The Labute approximate surface area is 151 Å². The summed E-state index contributed by atoms with van der Waals surface area (Å²) in [6, 6.07) is 9.38. The van der Waals surface area contributed by atoms with Crippen molar-refractivity contribution in [1.29, 1.82) is 0 Å². The van der Waals surface area contributed by atoms with Crippen molar-refractivity contribution in [2.45, 2.75) is 39.1 Å². The van der Waals surface area contributed by atoms with Gasteiger partial charge in [0.25, 0.3) is 0 Å². The standard InChI is InChI=1S/C18H20N2O3S2/c1-11-7-5-6-8-15(11)10-19-25(21,22)17-9-16(24-14(17)4)18-12(2)13(3)20-23-18/h5-9,19H,10H2,1-4H3. The number of thiophene rings is 1. The minimum atomic E-state index is -3.60. The summed E-state index contributed by atoms with van der Waals surface area (Å²) < 4.78 is 33.5. The van der Waals surface area contributed by atoms with Crippen molar-refractivity contribution in [2.24, 2.45) is 0 Å². The van der Waals surface area contributed by atoms with E-state index in [1.165, 1.54) is 11.3 Å². The van der Waals surface area contributed by atoms with Crippen LogP contribution in [0, 0.1) is 27.7 Å². The zero-order valence-electron chi connectivity index (χ0n) is 14.6. The summed E-state index contributed by atoms with van der Waals surface area (Å²) >= 11 is 1.39. The van der Waals surface area contributed by atoms with Gasteiger partial charge >= 0.3 is 0 Å². The van der Waals surface area contributed by atoms with Gasteiger partial charge in [0.1, 0.15) is 0 Å². The zero-order chi connectivity index (χ0) is 18.2. The molecular weight excluding hydrogens is 356 g/mol. The molecule has 0 bridgehead atoms. The van der Waals surface area contributed by atoms with Crippen LogP contribution in [0.15, 0.2) is 39.8 Å². The molecule has 0 aliphatic rings. The maximum atomic E-state index is 12.7. The van der Waals surface area contributed by atoms with Crippen molar-refractivity contribution >= 4 is 21.4 Å². The van der Waals surface area contributed by atoms with Gasteiger partial charge in [-0.05, 0) is 44.9 Å². The van der Waals surface area contributed by atoms with E-state index in [1.807, 2.05) is 45.0 Å². The number of sulfonamides is 1. The Kier molecular flexibility index (Phi) is 4.81. The molecule has 0 aliphatic carbocycles. The predicted molar refractivity (Wildman–Crippen MR) is 99.2 cm³/mol. The first kappa shape index (κ1) is 17.8. The summed E-state index contributed by atoms with van der Waals surface area (Å²) in [5.41, 5.74) is 3.75. The van der Waals surface area contributed by atoms with Crippen molar-refractivity contribution in [2.75, 3.05) is 0 Å². The summed E-state index contributed by atoms with van der Waals surface area (Å²) in [4.78, 5) is 1.78. The summed E-state index contributed by atoms with van der Waals surface area (Å²) in [6.45, 7) is 7.81. The maximum absolute atomic E-state index is 12.7. The van der Waals surface area contributed by atoms with E-state index in [9.17, 15) is 8.42 Å². The van der Waals surface area contributed by atoms with Crippen LogP contribution in [0.1, 0.15) is 27.3 Å². The highest BCUT2D eigenvalue weighted by atomic mass is 32.2. The van der Waals surface area contributed by atoms with E-state index >= 15 is 0 Å². The van der Waals surface area contributed by atoms with Crippen LogP contribution in [0.2, 0.25) is 0 Å². The van der Waals surface area contributed by atoms with E-state index < -0.39 is 10.0 Å². The largest absolute Gasteiger partial charge is 0.355 e. The number of nitrogens with zero attached hydrogens (tertiary/aromatic N) is 1. The Hall–Kier alpha value is -1.96. The summed E-state index contributed by atoms with van der Waals surface area (Å²) in [7, 11) is -3.60. The molecule has 0 atom stereocenters. The van der Waals surface area contributed by atoms with Gasteiger partial charge in [0, 0.05) is 17.0 Å². The van der Waals surface area contributed by atoms with Crippen molar-refractivity contribution in [3.63, 3.8) is 0 Å². The quantitative estimate of drug-likeness (QED) is 0.727.